The van der Waals surface area contributed by atoms with Crippen LogP contribution in [0.5, 0.6) is 0 Å². The molecule has 2 N–H and O–H groups in total. The molecule has 0 radical (unpaired) electrons. The minimum Gasteiger partial charge on any atom is -0.465 e. The SMILES string of the molecule is CCC(N)C(c1ccc(C)o1)N(C)Cc1cscn1. The molecule has 0 spiro atoms. The van der Waals surface area contributed by atoms with Crippen LogP contribution in [-0.2, 0) is 6.54 Å². The lowest BCUT2D eigenvalue weighted by atomic mass is 10.0. The lowest BCUT2D eigenvalue weighted by molar-refractivity contribution is 0.173. The van der Waals surface area contributed by atoms with Crippen molar-refractivity contribution in [3.8, 4) is 0 Å². The van der Waals surface area contributed by atoms with Crippen molar-refractivity contribution in [1.82, 2.24) is 9.88 Å². The third kappa shape index (κ3) is 3.43. The first-order valence-electron chi connectivity index (χ1n) is 6.51. The van der Waals surface area contributed by atoms with Crippen molar-refractivity contribution in [3.05, 3.63) is 40.2 Å². The number of aromatic nitrogens is 1. The molecular weight excluding hydrogens is 258 g/mol. The Balaban J connectivity index is 2.17. The number of nitrogens with zero attached hydrogens (tertiary/aromatic N) is 2. The Morgan fingerprint density at radius 1 is 1.47 bits per heavy atom. The van der Waals surface area contributed by atoms with Gasteiger partial charge in [0.1, 0.15) is 11.5 Å². The van der Waals surface area contributed by atoms with Crippen molar-refractivity contribution in [2.75, 3.05) is 7.05 Å². The Morgan fingerprint density at radius 2 is 2.26 bits per heavy atom. The quantitative estimate of drug-likeness (QED) is 0.883. The van der Waals surface area contributed by atoms with Gasteiger partial charge in [-0.05, 0) is 32.5 Å². The fourth-order valence-corrected chi connectivity index (χ4v) is 2.81. The van der Waals surface area contributed by atoms with E-state index in [0.717, 1.165) is 30.2 Å². The minimum absolute atomic E-state index is 0.0502. The van der Waals surface area contributed by atoms with Crippen LogP contribution in [0.3, 0.4) is 0 Å². The standard InChI is InChI=1S/C14H21N3OS/c1-4-12(15)14(13-6-5-10(2)18-13)17(3)7-11-8-19-9-16-11/h5-6,8-9,12,14H,4,7,15H2,1-3H3. The summed E-state index contributed by atoms with van der Waals surface area (Å²) in [6.45, 7) is 4.84. The second kappa shape index (κ2) is 6.32. The van der Waals surface area contributed by atoms with Crippen LogP contribution in [0.2, 0.25) is 0 Å². The summed E-state index contributed by atoms with van der Waals surface area (Å²) >= 11 is 1.61. The highest BCUT2D eigenvalue weighted by Crippen LogP contribution is 2.27. The zero-order chi connectivity index (χ0) is 13.8. The van der Waals surface area contributed by atoms with Crippen molar-refractivity contribution in [2.24, 2.45) is 5.73 Å². The first-order valence-corrected chi connectivity index (χ1v) is 7.45. The summed E-state index contributed by atoms with van der Waals surface area (Å²) in [7, 11) is 2.07. The van der Waals surface area contributed by atoms with Crippen molar-refractivity contribution >= 4 is 11.3 Å². The van der Waals surface area contributed by atoms with Gasteiger partial charge < -0.3 is 10.2 Å². The van der Waals surface area contributed by atoms with Crippen LogP contribution in [0.1, 0.15) is 36.6 Å². The number of rotatable bonds is 6. The molecule has 0 amide bonds. The first-order chi connectivity index (χ1) is 9.11. The summed E-state index contributed by atoms with van der Waals surface area (Å²) < 4.78 is 5.77. The number of likely N-dealkylation sites (N-methyl/N-ethyl adjacent to an activating group) is 1. The fourth-order valence-electron chi connectivity index (χ4n) is 2.26. The van der Waals surface area contributed by atoms with E-state index in [2.05, 4.69) is 29.2 Å². The highest BCUT2D eigenvalue weighted by atomic mass is 32.1. The highest BCUT2D eigenvalue weighted by Gasteiger charge is 2.26. The van der Waals surface area contributed by atoms with E-state index >= 15 is 0 Å². The number of hydrogen-bond donors (Lipinski definition) is 1. The Hall–Kier alpha value is -1.17. The number of thiazole rings is 1. The Bertz CT molecular complexity index is 495. The second-order valence-corrected chi connectivity index (χ2v) is 5.58. The van der Waals surface area contributed by atoms with Crippen LogP contribution in [-0.4, -0.2) is 23.0 Å². The molecule has 0 aromatic carbocycles. The van der Waals surface area contributed by atoms with Gasteiger partial charge >= 0.3 is 0 Å². The van der Waals surface area contributed by atoms with E-state index in [0.29, 0.717) is 0 Å². The monoisotopic (exact) mass is 279 g/mol. The number of furan rings is 1. The van der Waals surface area contributed by atoms with Gasteiger partial charge in [-0.25, -0.2) is 4.98 Å². The fraction of sp³-hybridized carbons (Fsp3) is 0.500. The molecule has 0 saturated heterocycles. The van der Waals surface area contributed by atoms with Crippen molar-refractivity contribution in [3.63, 3.8) is 0 Å². The average molecular weight is 279 g/mol. The van der Waals surface area contributed by atoms with Gasteiger partial charge in [0.05, 0.1) is 17.2 Å². The van der Waals surface area contributed by atoms with Crippen LogP contribution in [0.4, 0.5) is 0 Å². The Morgan fingerprint density at radius 3 is 2.79 bits per heavy atom. The summed E-state index contributed by atoms with van der Waals surface area (Å²) in [4.78, 5) is 6.54. The third-order valence-electron chi connectivity index (χ3n) is 3.30. The molecule has 0 bridgehead atoms. The summed E-state index contributed by atoms with van der Waals surface area (Å²) in [6, 6.07) is 4.14. The van der Waals surface area contributed by atoms with Crippen LogP contribution in [0.15, 0.2) is 27.4 Å². The van der Waals surface area contributed by atoms with E-state index < -0.39 is 0 Å². The van der Waals surface area contributed by atoms with E-state index in [4.69, 9.17) is 10.2 Å². The van der Waals surface area contributed by atoms with Crippen LogP contribution in [0, 0.1) is 6.92 Å². The maximum absolute atomic E-state index is 6.27. The van der Waals surface area contributed by atoms with Gasteiger partial charge in [0.15, 0.2) is 0 Å². The smallest absolute Gasteiger partial charge is 0.122 e. The van der Waals surface area contributed by atoms with Crippen molar-refractivity contribution < 1.29 is 4.42 Å². The topological polar surface area (TPSA) is 55.3 Å². The average Bonchev–Trinajstić information content (AvgIpc) is 3.01. The normalized spacial score (nSPS) is 14.8. The van der Waals surface area contributed by atoms with E-state index in [-0.39, 0.29) is 12.1 Å². The molecule has 104 valence electrons. The zero-order valence-corrected chi connectivity index (χ0v) is 12.5. The van der Waals surface area contributed by atoms with Gasteiger partial charge in [0, 0.05) is 18.0 Å². The maximum atomic E-state index is 6.27. The highest BCUT2D eigenvalue weighted by molar-refractivity contribution is 7.07. The van der Waals surface area contributed by atoms with Gasteiger partial charge in [0.2, 0.25) is 0 Å². The molecule has 2 rings (SSSR count). The van der Waals surface area contributed by atoms with Crippen LogP contribution >= 0.6 is 11.3 Å². The van der Waals surface area contributed by atoms with Crippen LogP contribution in [0.25, 0.3) is 0 Å². The summed E-state index contributed by atoms with van der Waals surface area (Å²) in [6.07, 6.45) is 0.909. The summed E-state index contributed by atoms with van der Waals surface area (Å²) in [5.74, 6) is 1.86. The molecular formula is C14H21N3OS. The number of hydrogen-bond acceptors (Lipinski definition) is 5. The third-order valence-corrected chi connectivity index (χ3v) is 3.93. The summed E-state index contributed by atoms with van der Waals surface area (Å²) in [5, 5.41) is 2.07. The molecule has 0 aliphatic rings. The van der Waals surface area contributed by atoms with E-state index in [1.165, 1.54) is 0 Å². The van der Waals surface area contributed by atoms with Gasteiger partial charge in [-0.2, -0.15) is 0 Å². The predicted octanol–water partition coefficient (Wildman–Crippen LogP) is 2.95. The number of aryl methyl sites for hydroxylation is 1. The molecule has 5 heteroatoms. The largest absolute Gasteiger partial charge is 0.465 e. The molecule has 2 heterocycles. The Labute approximate surface area is 118 Å². The molecule has 19 heavy (non-hydrogen) atoms. The van der Waals surface area contributed by atoms with E-state index in [1.54, 1.807) is 11.3 Å². The zero-order valence-electron chi connectivity index (χ0n) is 11.7. The van der Waals surface area contributed by atoms with Crippen molar-refractivity contribution in [1.29, 1.82) is 0 Å². The maximum Gasteiger partial charge on any atom is 0.122 e. The molecule has 2 atom stereocenters. The molecule has 0 aliphatic carbocycles. The van der Waals surface area contributed by atoms with Gasteiger partial charge in [-0.3, -0.25) is 4.90 Å². The number of nitrogens with two attached hydrogens (primary N) is 1. The molecule has 2 unspecified atom stereocenters. The van der Waals surface area contributed by atoms with E-state index in [9.17, 15) is 0 Å². The Kier molecular flexibility index (Phi) is 4.74. The predicted molar refractivity (Wildman–Crippen MR) is 78.0 cm³/mol. The van der Waals surface area contributed by atoms with E-state index in [1.807, 2.05) is 24.6 Å². The lowest BCUT2D eigenvalue weighted by Crippen LogP contribution is -2.38. The van der Waals surface area contributed by atoms with Gasteiger partial charge in [0.25, 0.3) is 0 Å². The molecule has 0 aliphatic heterocycles. The lowest BCUT2D eigenvalue weighted by Gasteiger charge is -2.30. The van der Waals surface area contributed by atoms with Gasteiger partial charge in [-0.1, -0.05) is 6.92 Å². The minimum atomic E-state index is 0.0502. The molecule has 0 saturated carbocycles. The van der Waals surface area contributed by atoms with Gasteiger partial charge in [-0.15, -0.1) is 11.3 Å². The molecule has 2 aromatic rings. The molecule has 0 fully saturated rings. The summed E-state index contributed by atoms with van der Waals surface area (Å²) in [5.41, 5.74) is 9.20. The molecule has 4 nitrogen and oxygen atoms in total. The molecule has 2 aromatic heterocycles. The van der Waals surface area contributed by atoms with Crippen molar-refractivity contribution in [2.45, 2.75) is 38.9 Å². The first kappa shape index (κ1) is 14.2. The van der Waals surface area contributed by atoms with Crippen LogP contribution < -0.4 is 5.73 Å². The second-order valence-electron chi connectivity index (χ2n) is 4.86.